The second-order valence-corrected chi connectivity index (χ2v) is 7.02. The van der Waals surface area contributed by atoms with Crippen LogP contribution in [0, 0.1) is 5.41 Å². The van der Waals surface area contributed by atoms with Gasteiger partial charge < -0.3 is 10.5 Å². The molecule has 0 radical (unpaired) electrons. The average molecular weight is 340 g/mol. The monoisotopic (exact) mass is 339 g/mol. The van der Waals surface area contributed by atoms with Crippen molar-refractivity contribution in [3.05, 3.63) is 28.2 Å². The summed E-state index contributed by atoms with van der Waals surface area (Å²) in [6, 6.07) is 6.27. The van der Waals surface area contributed by atoms with Gasteiger partial charge in [0.2, 0.25) is 0 Å². The van der Waals surface area contributed by atoms with E-state index in [4.69, 9.17) is 10.5 Å². The van der Waals surface area contributed by atoms with Crippen LogP contribution in [0.25, 0.3) is 0 Å². The lowest BCUT2D eigenvalue weighted by molar-refractivity contribution is 0.214. The van der Waals surface area contributed by atoms with Crippen LogP contribution in [0.4, 0.5) is 0 Å². The summed E-state index contributed by atoms with van der Waals surface area (Å²) in [6.45, 7) is 0.780. The van der Waals surface area contributed by atoms with Crippen LogP contribution in [0.5, 0.6) is 5.75 Å². The van der Waals surface area contributed by atoms with E-state index >= 15 is 0 Å². The van der Waals surface area contributed by atoms with Crippen LogP contribution < -0.4 is 10.5 Å². The van der Waals surface area contributed by atoms with Crippen molar-refractivity contribution < 1.29 is 4.74 Å². The van der Waals surface area contributed by atoms with Gasteiger partial charge in [0.25, 0.3) is 0 Å². The van der Waals surface area contributed by atoms with E-state index in [-0.39, 0.29) is 5.41 Å². The summed E-state index contributed by atoms with van der Waals surface area (Å²) in [5.41, 5.74) is 7.73. The highest BCUT2D eigenvalue weighted by molar-refractivity contribution is 9.10. The summed E-state index contributed by atoms with van der Waals surface area (Å²) in [7, 11) is 1.75. The maximum Gasteiger partial charge on any atom is 0.122 e. The van der Waals surface area contributed by atoms with Crippen molar-refractivity contribution in [3.63, 3.8) is 0 Å². The molecule has 0 unspecified atom stereocenters. The van der Waals surface area contributed by atoms with Crippen molar-refractivity contribution in [2.45, 2.75) is 51.4 Å². The van der Waals surface area contributed by atoms with Crippen LogP contribution >= 0.6 is 15.9 Å². The van der Waals surface area contributed by atoms with Gasteiger partial charge in [0, 0.05) is 4.47 Å². The molecule has 0 spiro atoms. The lowest BCUT2D eigenvalue weighted by Gasteiger charge is -2.35. The standard InChI is InChI=1S/C17H26BrNO/c1-20-16-8-7-15(18)11-14(16)12-17(13-19)9-5-3-2-4-6-10-17/h7-8,11H,2-6,9-10,12-13,19H2,1H3. The van der Waals surface area contributed by atoms with Gasteiger partial charge >= 0.3 is 0 Å². The van der Waals surface area contributed by atoms with Crippen LogP contribution in [-0.4, -0.2) is 13.7 Å². The molecule has 0 atom stereocenters. The molecular formula is C17H26BrNO. The molecule has 3 heteroatoms. The number of methoxy groups -OCH3 is 1. The van der Waals surface area contributed by atoms with Crippen molar-refractivity contribution in [2.24, 2.45) is 11.1 Å². The predicted octanol–water partition coefficient (Wildman–Crippen LogP) is 4.69. The molecular weight excluding hydrogens is 314 g/mol. The van der Waals surface area contributed by atoms with E-state index in [1.54, 1.807) is 7.11 Å². The molecule has 2 nitrogen and oxygen atoms in total. The fourth-order valence-electron chi connectivity index (χ4n) is 3.40. The second kappa shape index (κ2) is 7.46. The van der Waals surface area contributed by atoms with Gasteiger partial charge in [-0.15, -0.1) is 0 Å². The Morgan fingerprint density at radius 1 is 1.15 bits per heavy atom. The van der Waals surface area contributed by atoms with Gasteiger partial charge in [-0.25, -0.2) is 0 Å². The number of rotatable bonds is 4. The van der Waals surface area contributed by atoms with E-state index in [1.165, 1.54) is 50.5 Å². The lowest BCUT2D eigenvalue weighted by atomic mass is 9.72. The maximum absolute atomic E-state index is 6.18. The van der Waals surface area contributed by atoms with Crippen molar-refractivity contribution in [1.82, 2.24) is 0 Å². The first kappa shape index (κ1) is 15.8. The van der Waals surface area contributed by atoms with Crippen LogP contribution in [0.3, 0.4) is 0 Å². The SMILES string of the molecule is COc1ccc(Br)cc1CC1(CN)CCCCCCC1. The molecule has 1 aliphatic carbocycles. The van der Waals surface area contributed by atoms with Gasteiger partial charge in [-0.3, -0.25) is 0 Å². The number of hydrogen-bond donors (Lipinski definition) is 1. The third kappa shape index (κ3) is 3.98. The Labute approximate surface area is 131 Å². The highest BCUT2D eigenvalue weighted by atomic mass is 79.9. The summed E-state index contributed by atoms with van der Waals surface area (Å²) < 4.78 is 6.64. The van der Waals surface area contributed by atoms with E-state index in [0.717, 1.165) is 23.2 Å². The van der Waals surface area contributed by atoms with E-state index < -0.39 is 0 Å². The molecule has 2 rings (SSSR count). The largest absolute Gasteiger partial charge is 0.496 e. The second-order valence-electron chi connectivity index (χ2n) is 6.10. The lowest BCUT2D eigenvalue weighted by Crippen LogP contribution is -2.33. The Morgan fingerprint density at radius 2 is 1.80 bits per heavy atom. The minimum atomic E-state index is 0.258. The summed E-state index contributed by atoms with van der Waals surface area (Å²) in [5.74, 6) is 0.989. The molecule has 0 aliphatic heterocycles. The number of halogens is 1. The normalized spacial score (nSPS) is 19.1. The molecule has 2 N–H and O–H groups in total. The van der Waals surface area contributed by atoms with Crippen LogP contribution in [0.2, 0.25) is 0 Å². The molecule has 1 saturated carbocycles. The number of nitrogens with two attached hydrogens (primary N) is 1. The average Bonchev–Trinajstić information content (AvgIpc) is 2.42. The van der Waals surface area contributed by atoms with E-state index in [9.17, 15) is 0 Å². The van der Waals surface area contributed by atoms with Crippen molar-refractivity contribution in [2.75, 3.05) is 13.7 Å². The Bertz CT molecular complexity index is 425. The maximum atomic E-state index is 6.18. The molecule has 0 bridgehead atoms. The van der Waals surface area contributed by atoms with Crippen molar-refractivity contribution >= 4 is 15.9 Å². The molecule has 20 heavy (non-hydrogen) atoms. The van der Waals surface area contributed by atoms with E-state index in [2.05, 4.69) is 22.0 Å². The zero-order chi connectivity index (χ0) is 14.4. The van der Waals surface area contributed by atoms with Gasteiger partial charge in [0.15, 0.2) is 0 Å². The fourth-order valence-corrected chi connectivity index (χ4v) is 3.81. The van der Waals surface area contributed by atoms with Crippen molar-refractivity contribution in [3.8, 4) is 5.75 Å². The van der Waals surface area contributed by atoms with Gasteiger partial charge in [-0.2, -0.15) is 0 Å². The molecule has 1 aromatic rings. The Kier molecular flexibility index (Phi) is 5.91. The zero-order valence-corrected chi connectivity index (χ0v) is 14.0. The molecule has 1 aromatic carbocycles. The molecule has 0 amide bonds. The minimum absolute atomic E-state index is 0.258. The van der Waals surface area contributed by atoms with Gasteiger partial charge in [0.05, 0.1) is 7.11 Å². The third-order valence-corrected chi connectivity index (χ3v) is 5.15. The summed E-state index contributed by atoms with van der Waals surface area (Å²) >= 11 is 3.57. The smallest absolute Gasteiger partial charge is 0.122 e. The van der Waals surface area contributed by atoms with E-state index in [0.29, 0.717) is 0 Å². The molecule has 1 aliphatic rings. The van der Waals surface area contributed by atoms with Crippen LogP contribution in [0.15, 0.2) is 22.7 Å². The quantitative estimate of drug-likeness (QED) is 0.863. The van der Waals surface area contributed by atoms with E-state index in [1.807, 2.05) is 12.1 Å². The zero-order valence-electron chi connectivity index (χ0n) is 12.5. The summed E-state index contributed by atoms with van der Waals surface area (Å²) in [6.07, 6.45) is 10.3. The molecule has 1 fully saturated rings. The molecule has 0 aromatic heterocycles. The van der Waals surface area contributed by atoms with Crippen LogP contribution in [-0.2, 0) is 6.42 Å². The molecule has 112 valence electrons. The molecule has 0 saturated heterocycles. The summed E-state index contributed by atoms with van der Waals surface area (Å²) in [5, 5.41) is 0. The molecule has 0 heterocycles. The topological polar surface area (TPSA) is 35.2 Å². The Balaban J connectivity index is 2.21. The minimum Gasteiger partial charge on any atom is -0.496 e. The van der Waals surface area contributed by atoms with Gasteiger partial charge in [-0.05, 0) is 55.0 Å². The number of hydrogen-bond acceptors (Lipinski definition) is 2. The van der Waals surface area contributed by atoms with Crippen molar-refractivity contribution in [1.29, 1.82) is 0 Å². The highest BCUT2D eigenvalue weighted by Crippen LogP contribution is 2.39. The summed E-state index contributed by atoms with van der Waals surface area (Å²) in [4.78, 5) is 0. The first-order valence-corrected chi connectivity index (χ1v) is 8.51. The Hall–Kier alpha value is -0.540. The number of ether oxygens (including phenoxy) is 1. The fraction of sp³-hybridized carbons (Fsp3) is 0.647. The number of benzene rings is 1. The van der Waals surface area contributed by atoms with Crippen LogP contribution in [0.1, 0.15) is 50.5 Å². The Morgan fingerprint density at radius 3 is 2.40 bits per heavy atom. The highest BCUT2D eigenvalue weighted by Gasteiger charge is 2.30. The third-order valence-electron chi connectivity index (χ3n) is 4.66. The first-order valence-electron chi connectivity index (χ1n) is 7.72. The predicted molar refractivity (Wildman–Crippen MR) is 88.2 cm³/mol. The first-order chi connectivity index (χ1) is 9.69. The van der Waals surface area contributed by atoms with Gasteiger partial charge in [0.1, 0.15) is 5.75 Å². The van der Waals surface area contributed by atoms with Gasteiger partial charge in [-0.1, -0.05) is 48.0 Å².